The van der Waals surface area contributed by atoms with Crippen molar-refractivity contribution in [1.29, 1.82) is 0 Å². The summed E-state index contributed by atoms with van der Waals surface area (Å²) in [6, 6.07) is 6.44. The summed E-state index contributed by atoms with van der Waals surface area (Å²) in [6.07, 6.45) is 1.88. The number of carboxylic acid groups (broad SMARTS) is 1. The van der Waals surface area contributed by atoms with Crippen molar-refractivity contribution in [3.8, 4) is 0 Å². The molecule has 0 aliphatic carbocycles. The van der Waals surface area contributed by atoms with E-state index in [1.165, 1.54) is 11.0 Å². The molecule has 6 heteroatoms. The second kappa shape index (κ2) is 7.19. The van der Waals surface area contributed by atoms with Gasteiger partial charge in [0.15, 0.2) is 0 Å². The minimum Gasteiger partial charge on any atom is -0.478 e. The number of carboxylic acids is 1. The molecular formula is C15H20N2O4. The van der Waals surface area contributed by atoms with Gasteiger partial charge in [0.05, 0.1) is 17.4 Å². The van der Waals surface area contributed by atoms with Gasteiger partial charge in [-0.1, -0.05) is 12.1 Å². The van der Waals surface area contributed by atoms with Crippen LogP contribution >= 0.6 is 0 Å². The zero-order chi connectivity index (χ0) is 15.2. The number of nitrogens with zero attached hydrogens (tertiary/aromatic N) is 1. The molecule has 6 nitrogen and oxygen atoms in total. The molecule has 1 aliphatic rings. The van der Waals surface area contributed by atoms with Gasteiger partial charge in [-0.25, -0.2) is 4.79 Å². The molecule has 2 N–H and O–H groups in total. The first-order valence-electron chi connectivity index (χ1n) is 7.01. The average Bonchev–Trinajstić information content (AvgIpc) is 2.52. The van der Waals surface area contributed by atoms with Crippen LogP contribution in [0, 0.1) is 0 Å². The number of aromatic carboxylic acids is 1. The first-order valence-corrected chi connectivity index (χ1v) is 7.01. The molecule has 0 atom stereocenters. The Labute approximate surface area is 123 Å². The van der Waals surface area contributed by atoms with Crippen molar-refractivity contribution in [3.63, 3.8) is 0 Å². The van der Waals surface area contributed by atoms with E-state index in [1.807, 2.05) is 0 Å². The summed E-state index contributed by atoms with van der Waals surface area (Å²) in [7, 11) is 1.57. The van der Waals surface area contributed by atoms with Gasteiger partial charge in [0, 0.05) is 7.05 Å². The molecule has 1 aromatic carbocycles. The van der Waals surface area contributed by atoms with E-state index < -0.39 is 5.97 Å². The summed E-state index contributed by atoms with van der Waals surface area (Å²) >= 11 is 0. The SMILES string of the molecule is CN(C(=O)COC1CCNCC1)c1ccccc1C(=O)O. The molecule has 0 saturated carbocycles. The molecule has 1 heterocycles. The first kappa shape index (κ1) is 15.5. The third-order valence-corrected chi connectivity index (χ3v) is 3.60. The van der Waals surface area contributed by atoms with Crippen LogP contribution in [-0.2, 0) is 9.53 Å². The highest BCUT2D eigenvalue weighted by Crippen LogP contribution is 2.19. The Morgan fingerprint density at radius 2 is 2.00 bits per heavy atom. The Hall–Kier alpha value is -1.92. The van der Waals surface area contributed by atoms with Crippen LogP contribution in [0.15, 0.2) is 24.3 Å². The standard InChI is InChI=1S/C15H20N2O4/c1-17(13-5-3-2-4-12(13)15(19)20)14(18)10-21-11-6-8-16-9-7-11/h2-5,11,16H,6-10H2,1H3,(H,19,20). The average molecular weight is 292 g/mol. The van der Waals surface area contributed by atoms with Crippen LogP contribution < -0.4 is 10.2 Å². The topological polar surface area (TPSA) is 78.9 Å². The molecule has 0 bridgehead atoms. The number of carbonyl (C=O) groups is 2. The molecule has 0 spiro atoms. The van der Waals surface area contributed by atoms with E-state index in [4.69, 9.17) is 9.84 Å². The summed E-state index contributed by atoms with van der Waals surface area (Å²) in [5.74, 6) is -1.30. The first-order chi connectivity index (χ1) is 10.1. The van der Waals surface area contributed by atoms with Crippen LogP contribution in [0.4, 0.5) is 5.69 Å². The van der Waals surface area contributed by atoms with Gasteiger partial charge in [-0.05, 0) is 38.1 Å². The number of para-hydroxylation sites is 1. The number of hydrogen-bond donors (Lipinski definition) is 2. The molecule has 2 rings (SSSR count). The largest absolute Gasteiger partial charge is 0.478 e. The zero-order valence-electron chi connectivity index (χ0n) is 12.0. The summed E-state index contributed by atoms with van der Waals surface area (Å²) in [5, 5.41) is 12.4. The fourth-order valence-electron chi connectivity index (χ4n) is 2.33. The highest BCUT2D eigenvalue weighted by Gasteiger charge is 2.20. The van der Waals surface area contributed by atoms with Crippen molar-refractivity contribution in [2.24, 2.45) is 0 Å². The lowest BCUT2D eigenvalue weighted by molar-refractivity contribution is -0.125. The van der Waals surface area contributed by atoms with Gasteiger partial charge in [-0.3, -0.25) is 4.79 Å². The minimum atomic E-state index is -1.05. The monoisotopic (exact) mass is 292 g/mol. The normalized spacial score (nSPS) is 15.7. The summed E-state index contributed by atoms with van der Waals surface area (Å²) in [5.41, 5.74) is 0.485. The van der Waals surface area contributed by atoms with Gasteiger partial charge in [0.1, 0.15) is 6.61 Å². The van der Waals surface area contributed by atoms with Crippen molar-refractivity contribution < 1.29 is 19.4 Å². The Bertz CT molecular complexity index is 512. The molecule has 0 unspecified atom stereocenters. The van der Waals surface area contributed by atoms with Crippen molar-refractivity contribution in [2.45, 2.75) is 18.9 Å². The van der Waals surface area contributed by atoms with Gasteiger partial charge < -0.3 is 20.1 Å². The lowest BCUT2D eigenvalue weighted by atomic mass is 10.1. The lowest BCUT2D eigenvalue weighted by Gasteiger charge is -2.24. The zero-order valence-corrected chi connectivity index (χ0v) is 12.0. The molecule has 114 valence electrons. The Balaban J connectivity index is 1.97. The number of nitrogens with one attached hydrogen (secondary N) is 1. The Morgan fingerprint density at radius 1 is 1.33 bits per heavy atom. The summed E-state index contributed by atoms with van der Waals surface area (Å²) in [6.45, 7) is 1.77. The second-order valence-corrected chi connectivity index (χ2v) is 5.04. The highest BCUT2D eigenvalue weighted by molar-refractivity contribution is 6.01. The summed E-state index contributed by atoms with van der Waals surface area (Å²) in [4.78, 5) is 24.7. The van der Waals surface area contributed by atoms with Gasteiger partial charge in [-0.15, -0.1) is 0 Å². The Morgan fingerprint density at radius 3 is 2.67 bits per heavy atom. The molecule has 1 aromatic rings. The van der Waals surface area contributed by atoms with E-state index in [0.717, 1.165) is 25.9 Å². The molecule has 1 saturated heterocycles. The third kappa shape index (κ3) is 4.03. The van der Waals surface area contributed by atoms with Crippen LogP contribution in [0.1, 0.15) is 23.2 Å². The maximum atomic E-state index is 12.2. The van der Waals surface area contributed by atoms with Crippen molar-refractivity contribution in [3.05, 3.63) is 29.8 Å². The van der Waals surface area contributed by atoms with E-state index >= 15 is 0 Å². The van der Waals surface area contributed by atoms with Gasteiger partial charge in [0.25, 0.3) is 5.91 Å². The van der Waals surface area contributed by atoms with Crippen LogP contribution in [0.3, 0.4) is 0 Å². The molecule has 1 amide bonds. The van der Waals surface area contributed by atoms with Crippen LogP contribution in [0.2, 0.25) is 0 Å². The van der Waals surface area contributed by atoms with Gasteiger partial charge in [-0.2, -0.15) is 0 Å². The van der Waals surface area contributed by atoms with Crippen LogP contribution in [0.25, 0.3) is 0 Å². The molecular weight excluding hydrogens is 272 g/mol. The number of carbonyl (C=O) groups excluding carboxylic acids is 1. The third-order valence-electron chi connectivity index (χ3n) is 3.60. The minimum absolute atomic E-state index is 0.0326. The summed E-state index contributed by atoms with van der Waals surface area (Å²) < 4.78 is 5.61. The number of piperidine rings is 1. The number of ether oxygens (including phenoxy) is 1. The van der Waals surface area contributed by atoms with E-state index in [2.05, 4.69) is 5.32 Å². The van der Waals surface area contributed by atoms with E-state index in [-0.39, 0.29) is 24.2 Å². The molecule has 0 radical (unpaired) electrons. The lowest BCUT2D eigenvalue weighted by Crippen LogP contribution is -2.36. The van der Waals surface area contributed by atoms with Crippen molar-refractivity contribution >= 4 is 17.6 Å². The van der Waals surface area contributed by atoms with Crippen molar-refractivity contribution in [1.82, 2.24) is 5.32 Å². The number of rotatable bonds is 5. The fraction of sp³-hybridized carbons (Fsp3) is 0.467. The van der Waals surface area contributed by atoms with E-state index in [9.17, 15) is 9.59 Å². The number of amides is 1. The predicted octanol–water partition coefficient (Wildman–Crippen LogP) is 1.12. The van der Waals surface area contributed by atoms with Gasteiger partial charge >= 0.3 is 5.97 Å². The maximum absolute atomic E-state index is 12.2. The van der Waals surface area contributed by atoms with E-state index in [1.54, 1.807) is 25.2 Å². The molecule has 21 heavy (non-hydrogen) atoms. The fourth-order valence-corrected chi connectivity index (χ4v) is 2.33. The van der Waals surface area contributed by atoms with Gasteiger partial charge in [0.2, 0.25) is 0 Å². The molecule has 1 aliphatic heterocycles. The molecule has 1 fully saturated rings. The predicted molar refractivity (Wildman–Crippen MR) is 78.7 cm³/mol. The molecule has 0 aromatic heterocycles. The number of hydrogen-bond acceptors (Lipinski definition) is 4. The number of anilines is 1. The number of benzene rings is 1. The Kier molecular flexibility index (Phi) is 5.30. The van der Waals surface area contributed by atoms with Crippen LogP contribution in [0.5, 0.6) is 0 Å². The smallest absolute Gasteiger partial charge is 0.337 e. The second-order valence-electron chi connectivity index (χ2n) is 5.04. The quantitative estimate of drug-likeness (QED) is 0.850. The highest BCUT2D eigenvalue weighted by atomic mass is 16.5. The van der Waals surface area contributed by atoms with E-state index in [0.29, 0.717) is 5.69 Å². The van der Waals surface area contributed by atoms with Crippen LogP contribution in [-0.4, -0.2) is 49.8 Å². The van der Waals surface area contributed by atoms with Crippen molar-refractivity contribution in [2.75, 3.05) is 31.6 Å². The number of likely N-dealkylation sites (N-methyl/N-ethyl adjacent to an activating group) is 1. The maximum Gasteiger partial charge on any atom is 0.337 e.